The Hall–Kier alpha value is -3.34. The van der Waals surface area contributed by atoms with Crippen LogP contribution in [0.5, 0.6) is 5.75 Å². The van der Waals surface area contributed by atoms with Gasteiger partial charge in [-0.2, -0.15) is 4.98 Å². The van der Waals surface area contributed by atoms with Crippen LogP contribution in [0.2, 0.25) is 0 Å². The molecule has 0 amide bonds. The van der Waals surface area contributed by atoms with Crippen molar-refractivity contribution in [3.63, 3.8) is 0 Å². The molecule has 4 aromatic rings. The highest BCUT2D eigenvalue weighted by atomic mass is 16.5. The van der Waals surface area contributed by atoms with Gasteiger partial charge in [-0.25, -0.2) is 0 Å². The third-order valence-electron chi connectivity index (χ3n) is 4.46. The Morgan fingerprint density at radius 3 is 2.37 bits per heavy atom. The van der Waals surface area contributed by atoms with Crippen molar-refractivity contribution in [2.45, 2.75) is 26.4 Å². The molecule has 27 heavy (non-hydrogen) atoms. The lowest BCUT2D eigenvalue weighted by Gasteiger charge is -2.10. The summed E-state index contributed by atoms with van der Waals surface area (Å²) in [7, 11) is 0. The largest absolute Gasteiger partial charge is 0.481 e. The second kappa shape index (κ2) is 7.50. The molecular formula is C22H21N3O2. The number of nitrogens with zero attached hydrogens (tertiary/aromatic N) is 3. The van der Waals surface area contributed by atoms with Crippen LogP contribution in [0, 0.1) is 0 Å². The fourth-order valence-corrected chi connectivity index (χ4v) is 2.87. The number of aromatic nitrogens is 3. The van der Waals surface area contributed by atoms with Crippen molar-refractivity contribution in [2.24, 2.45) is 0 Å². The van der Waals surface area contributed by atoms with E-state index < -0.39 is 0 Å². The Bertz CT molecular complexity index is 987. The molecule has 0 fully saturated rings. The second-order valence-electron chi connectivity index (χ2n) is 6.35. The molecule has 0 N–H and O–H groups in total. The molecule has 2 aromatic heterocycles. The minimum Gasteiger partial charge on any atom is -0.481 e. The smallest absolute Gasteiger partial charge is 0.267 e. The Balaban J connectivity index is 1.47. The first-order valence-electron chi connectivity index (χ1n) is 9.06. The van der Waals surface area contributed by atoms with E-state index in [9.17, 15) is 0 Å². The average Bonchev–Trinajstić information content (AvgIpc) is 3.41. The van der Waals surface area contributed by atoms with E-state index in [-0.39, 0.29) is 6.10 Å². The summed E-state index contributed by atoms with van der Waals surface area (Å²) in [6.45, 7) is 4.03. The van der Waals surface area contributed by atoms with Gasteiger partial charge in [0.25, 0.3) is 5.89 Å². The zero-order valence-electron chi connectivity index (χ0n) is 15.4. The SMILES string of the molecule is CCc1ccc(O[C@H](C)c2nc(-c3ccc(-n4cccc4)cc3)no2)cc1. The highest BCUT2D eigenvalue weighted by molar-refractivity contribution is 5.56. The van der Waals surface area contributed by atoms with Gasteiger partial charge in [0.05, 0.1) is 0 Å². The monoisotopic (exact) mass is 359 g/mol. The highest BCUT2D eigenvalue weighted by Gasteiger charge is 2.17. The summed E-state index contributed by atoms with van der Waals surface area (Å²) in [4.78, 5) is 4.49. The van der Waals surface area contributed by atoms with Crippen molar-refractivity contribution in [2.75, 3.05) is 0 Å². The minimum atomic E-state index is -0.321. The predicted molar refractivity (Wildman–Crippen MR) is 104 cm³/mol. The zero-order chi connectivity index (χ0) is 18.6. The summed E-state index contributed by atoms with van der Waals surface area (Å²) in [6, 6.07) is 20.1. The maximum absolute atomic E-state index is 5.92. The maximum atomic E-state index is 5.92. The van der Waals surface area contributed by atoms with Gasteiger partial charge >= 0.3 is 0 Å². The lowest BCUT2D eigenvalue weighted by molar-refractivity contribution is 0.176. The van der Waals surface area contributed by atoms with Crippen LogP contribution >= 0.6 is 0 Å². The number of benzene rings is 2. The van der Waals surface area contributed by atoms with E-state index in [1.54, 1.807) is 0 Å². The molecule has 0 unspecified atom stereocenters. The van der Waals surface area contributed by atoms with Crippen molar-refractivity contribution in [1.29, 1.82) is 0 Å². The summed E-state index contributed by atoms with van der Waals surface area (Å²) < 4.78 is 13.4. The first-order chi connectivity index (χ1) is 13.2. The van der Waals surface area contributed by atoms with Gasteiger partial charge in [-0.1, -0.05) is 24.2 Å². The van der Waals surface area contributed by atoms with Crippen molar-refractivity contribution in [3.05, 3.63) is 84.5 Å². The normalized spacial score (nSPS) is 12.1. The van der Waals surface area contributed by atoms with E-state index >= 15 is 0 Å². The molecule has 0 saturated carbocycles. The van der Waals surface area contributed by atoms with Crippen molar-refractivity contribution in [1.82, 2.24) is 14.7 Å². The van der Waals surface area contributed by atoms with E-state index in [0.717, 1.165) is 23.4 Å². The van der Waals surface area contributed by atoms with Crippen LogP contribution in [-0.2, 0) is 6.42 Å². The summed E-state index contributed by atoms with van der Waals surface area (Å²) in [5, 5.41) is 4.10. The third kappa shape index (κ3) is 3.77. The van der Waals surface area contributed by atoms with Gasteiger partial charge < -0.3 is 13.8 Å². The van der Waals surface area contributed by atoms with Crippen LogP contribution in [0.3, 0.4) is 0 Å². The quantitative estimate of drug-likeness (QED) is 0.473. The summed E-state index contributed by atoms with van der Waals surface area (Å²) in [5.41, 5.74) is 3.26. The first kappa shape index (κ1) is 17.1. The number of ether oxygens (including phenoxy) is 1. The standard InChI is InChI=1S/C22H21N3O2/c1-3-17-6-12-20(13-7-17)26-16(2)22-23-21(24-27-22)18-8-10-19(11-9-18)25-14-4-5-15-25/h4-16H,3H2,1-2H3/t16-/m1/s1. The minimum absolute atomic E-state index is 0.321. The zero-order valence-corrected chi connectivity index (χ0v) is 15.4. The fraction of sp³-hybridized carbons (Fsp3) is 0.182. The number of aryl methyl sites for hydroxylation is 1. The molecule has 0 radical (unpaired) electrons. The van der Waals surface area contributed by atoms with Gasteiger partial charge in [0.1, 0.15) is 5.75 Å². The van der Waals surface area contributed by atoms with Gasteiger partial charge in [0.15, 0.2) is 6.10 Å². The van der Waals surface area contributed by atoms with E-state index in [0.29, 0.717) is 11.7 Å². The van der Waals surface area contributed by atoms with Crippen LogP contribution in [-0.4, -0.2) is 14.7 Å². The molecule has 1 atom stereocenters. The van der Waals surface area contributed by atoms with Crippen molar-refractivity contribution >= 4 is 0 Å². The molecule has 0 aliphatic rings. The van der Waals surface area contributed by atoms with Crippen molar-refractivity contribution < 1.29 is 9.26 Å². The van der Waals surface area contributed by atoms with E-state index in [4.69, 9.17) is 9.26 Å². The van der Waals surface area contributed by atoms with Crippen LogP contribution in [0.1, 0.15) is 31.4 Å². The molecule has 0 bridgehead atoms. The maximum Gasteiger partial charge on any atom is 0.267 e. The molecule has 0 aliphatic carbocycles. The number of hydrogen-bond donors (Lipinski definition) is 0. The summed E-state index contributed by atoms with van der Waals surface area (Å²) >= 11 is 0. The molecule has 2 heterocycles. The lowest BCUT2D eigenvalue weighted by atomic mass is 10.2. The van der Waals surface area contributed by atoms with Gasteiger partial charge in [-0.3, -0.25) is 0 Å². The van der Waals surface area contributed by atoms with E-state index in [1.165, 1.54) is 5.56 Å². The molecule has 0 spiro atoms. The Morgan fingerprint density at radius 2 is 1.70 bits per heavy atom. The third-order valence-corrected chi connectivity index (χ3v) is 4.46. The van der Waals surface area contributed by atoms with Gasteiger partial charge in [-0.15, -0.1) is 0 Å². The first-order valence-corrected chi connectivity index (χ1v) is 9.06. The highest BCUT2D eigenvalue weighted by Crippen LogP contribution is 2.24. The Labute approximate surface area is 158 Å². The topological polar surface area (TPSA) is 53.1 Å². The van der Waals surface area contributed by atoms with Crippen LogP contribution in [0.25, 0.3) is 17.1 Å². The summed E-state index contributed by atoms with van der Waals surface area (Å²) in [6.07, 6.45) is 4.70. The molecule has 5 nitrogen and oxygen atoms in total. The number of hydrogen-bond acceptors (Lipinski definition) is 4. The Kier molecular flexibility index (Phi) is 4.75. The molecule has 4 rings (SSSR count). The van der Waals surface area contributed by atoms with Gasteiger partial charge in [-0.05, 0) is 67.4 Å². The lowest BCUT2D eigenvalue weighted by Crippen LogP contribution is -2.03. The molecule has 0 saturated heterocycles. The average molecular weight is 359 g/mol. The molecular weight excluding hydrogens is 338 g/mol. The summed E-state index contributed by atoms with van der Waals surface area (Å²) in [5.74, 6) is 1.80. The Morgan fingerprint density at radius 1 is 1.00 bits per heavy atom. The van der Waals surface area contributed by atoms with Crippen LogP contribution in [0.4, 0.5) is 0 Å². The predicted octanol–water partition coefficient (Wildman–Crippen LogP) is 5.23. The number of rotatable bonds is 6. The molecule has 2 aromatic carbocycles. The molecule has 5 heteroatoms. The fourth-order valence-electron chi connectivity index (χ4n) is 2.87. The molecule has 0 aliphatic heterocycles. The van der Waals surface area contributed by atoms with Crippen LogP contribution < -0.4 is 4.74 Å². The molecule has 136 valence electrons. The second-order valence-corrected chi connectivity index (χ2v) is 6.35. The van der Waals surface area contributed by atoms with Gasteiger partial charge in [0, 0.05) is 23.6 Å². The van der Waals surface area contributed by atoms with Crippen LogP contribution in [0.15, 0.2) is 77.6 Å². The van der Waals surface area contributed by atoms with Crippen molar-refractivity contribution in [3.8, 4) is 22.8 Å². The van der Waals surface area contributed by atoms with Gasteiger partial charge in [0.2, 0.25) is 5.82 Å². The van der Waals surface area contributed by atoms with E-state index in [2.05, 4.69) is 29.2 Å². The van der Waals surface area contributed by atoms with E-state index in [1.807, 2.05) is 72.4 Å².